The van der Waals surface area contributed by atoms with Gasteiger partial charge in [-0.05, 0) is 60.4 Å². The van der Waals surface area contributed by atoms with Gasteiger partial charge in [-0.1, -0.05) is 36.4 Å². The number of carbonyl (C=O) groups excluding carboxylic acids is 1. The molecule has 1 heterocycles. The summed E-state index contributed by atoms with van der Waals surface area (Å²) >= 11 is 0. The van der Waals surface area contributed by atoms with Gasteiger partial charge in [0.15, 0.2) is 11.5 Å². The van der Waals surface area contributed by atoms with Crippen molar-refractivity contribution in [3.63, 3.8) is 0 Å². The van der Waals surface area contributed by atoms with Crippen LogP contribution in [0.25, 0.3) is 0 Å². The first-order valence-electron chi connectivity index (χ1n) is 10.1. The van der Waals surface area contributed by atoms with Gasteiger partial charge in [0.25, 0.3) is 5.91 Å². The molecule has 0 spiro atoms. The summed E-state index contributed by atoms with van der Waals surface area (Å²) in [6.07, 6.45) is 1.62. The smallest absolute Gasteiger partial charge is 0.251 e. The number of fused-ring (bicyclic) bond motifs is 1. The normalized spacial score (nSPS) is 13.4. The highest BCUT2D eigenvalue weighted by atomic mass is 16.6. The number of nitrogens with one attached hydrogen (secondary N) is 1. The Hall–Kier alpha value is -3.47. The lowest BCUT2D eigenvalue weighted by Gasteiger charge is -2.23. The fourth-order valence-corrected chi connectivity index (χ4v) is 3.54. The van der Waals surface area contributed by atoms with Gasteiger partial charge in [-0.15, -0.1) is 0 Å². The van der Waals surface area contributed by atoms with Gasteiger partial charge in [0, 0.05) is 5.56 Å². The summed E-state index contributed by atoms with van der Waals surface area (Å²) in [7, 11) is 1.61. The molecule has 30 heavy (non-hydrogen) atoms. The highest BCUT2D eigenvalue weighted by molar-refractivity contribution is 5.94. The van der Waals surface area contributed by atoms with E-state index in [2.05, 4.69) is 17.4 Å². The zero-order valence-electron chi connectivity index (χ0n) is 17.0. The summed E-state index contributed by atoms with van der Waals surface area (Å²) in [6.45, 7) is 1.08. The van der Waals surface area contributed by atoms with Gasteiger partial charge >= 0.3 is 0 Å². The van der Waals surface area contributed by atoms with Gasteiger partial charge in [-0.25, -0.2) is 0 Å². The van der Waals surface area contributed by atoms with Gasteiger partial charge in [0.1, 0.15) is 19.0 Å². The average Bonchev–Trinajstić information content (AvgIpc) is 2.82. The number of carbonyl (C=O) groups is 1. The summed E-state index contributed by atoms with van der Waals surface area (Å²) in [5, 5.41) is 3.19. The molecule has 5 nitrogen and oxygen atoms in total. The Morgan fingerprint density at radius 2 is 1.70 bits per heavy atom. The predicted molar refractivity (Wildman–Crippen MR) is 115 cm³/mol. The maximum atomic E-state index is 12.9. The van der Waals surface area contributed by atoms with Crippen LogP contribution in [-0.4, -0.2) is 26.2 Å². The van der Waals surface area contributed by atoms with Crippen molar-refractivity contribution in [2.45, 2.75) is 18.9 Å². The van der Waals surface area contributed by atoms with Crippen molar-refractivity contribution in [1.29, 1.82) is 0 Å². The van der Waals surface area contributed by atoms with Gasteiger partial charge in [0.2, 0.25) is 0 Å². The first kappa shape index (κ1) is 19.8. The lowest BCUT2D eigenvalue weighted by molar-refractivity contribution is 0.0934. The van der Waals surface area contributed by atoms with E-state index in [0.717, 1.165) is 35.7 Å². The molecule has 1 atom stereocenters. The van der Waals surface area contributed by atoms with Crippen LogP contribution in [0.5, 0.6) is 17.2 Å². The Bertz CT molecular complexity index is 986. The van der Waals surface area contributed by atoms with Crippen molar-refractivity contribution >= 4 is 5.91 Å². The summed E-state index contributed by atoms with van der Waals surface area (Å²) < 4.78 is 16.6. The van der Waals surface area contributed by atoms with Crippen LogP contribution in [0.2, 0.25) is 0 Å². The molecule has 1 N–H and O–H groups in total. The topological polar surface area (TPSA) is 56.8 Å². The number of rotatable bonds is 7. The quantitative estimate of drug-likeness (QED) is 0.628. The second-order valence-electron chi connectivity index (χ2n) is 7.18. The van der Waals surface area contributed by atoms with Crippen LogP contribution in [-0.2, 0) is 6.42 Å². The number of hydrogen-bond acceptors (Lipinski definition) is 4. The Morgan fingerprint density at radius 3 is 2.43 bits per heavy atom. The van der Waals surface area contributed by atoms with Crippen molar-refractivity contribution in [3.8, 4) is 17.2 Å². The lowest BCUT2D eigenvalue weighted by Crippen LogP contribution is -2.29. The number of aryl methyl sites for hydroxylation is 1. The van der Waals surface area contributed by atoms with E-state index in [0.29, 0.717) is 18.8 Å². The Labute approximate surface area is 176 Å². The van der Waals surface area contributed by atoms with Crippen LogP contribution in [0.3, 0.4) is 0 Å². The molecule has 0 aromatic heterocycles. The van der Waals surface area contributed by atoms with E-state index in [1.165, 1.54) is 5.56 Å². The summed E-state index contributed by atoms with van der Waals surface area (Å²) in [6, 6.07) is 23.1. The van der Waals surface area contributed by atoms with Crippen LogP contribution in [0, 0.1) is 0 Å². The van der Waals surface area contributed by atoms with Crippen molar-refractivity contribution < 1.29 is 19.0 Å². The molecule has 5 heteroatoms. The van der Waals surface area contributed by atoms with Crippen LogP contribution in [0.15, 0.2) is 72.8 Å². The predicted octanol–water partition coefficient (Wildman–Crippen LogP) is 4.57. The number of methoxy groups -OCH3 is 1. The molecule has 154 valence electrons. The van der Waals surface area contributed by atoms with Gasteiger partial charge in [-0.3, -0.25) is 4.79 Å². The molecule has 1 aliphatic rings. The van der Waals surface area contributed by atoms with Crippen LogP contribution >= 0.6 is 0 Å². The lowest BCUT2D eigenvalue weighted by atomic mass is 9.98. The largest absolute Gasteiger partial charge is 0.497 e. The highest BCUT2D eigenvalue weighted by Crippen LogP contribution is 2.34. The average molecular weight is 403 g/mol. The maximum Gasteiger partial charge on any atom is 0.251 e. The first-order chi connectivity index (χ1) is 14.7. The maximum absolute atomic E-state index is 12.9. The molecular formula is C25H25NO4. The molecule has 3 aromatic rings. The minimum atomic E-state index is -0.157. The van der Waals surface area contributed by atoms with E-state index in [-0.39, 0.29) is 11.9 Å². The van der Waals surface area contributed by atoms with Gasteiger partial charge in [-0.2, -0.15) is 0 Å². The van der Waals surface area contributed by atoms with E-state index < -0.39 is 0 Å². The van der Waals surface area contributed by atoms with Crippen molar-refractivity contribution in [2.24, 2.45) is 0 Å². The molecule has 0 radical (unpaired) electrons. The molecule has 0 aliphatic carbocycles. The van der Waals surface area contributed by atoms with Crippen molar-refractivity contribution in [1.82, 2.24) is 5.32 Å². The Kier molecular flexibility index (Phi) is 6.18. The molecule has 0 bridgehead atoms. The fraction of sp³-hybridized carbons (Fsp3) is 0.240. The molecular weight excluding hydrogens is 378 g/mol. The third-order valence-electron chi connectivity index (χ3n) is 5.19. The number of hydrogen-bond donors (Lipinski definition) is 1. The summed E-state index contributed by atoms with van der Waals surface area (Å²) in [5.74, 6) is 2.07. The van der Waals surface area contributed by atoms with E-state index in [1.54, 1.807) is 31.4 Å². The zero-order chi connectivity index (χ0) is 20.8. The second kappa shape index (κ2) is 9.35. The fourth-order valence-electron chi connectivity index (χ4n) is 3.54. The summed E-state index contributed by atoms with van der Waals surface area (Å²) in [4.78, 5) is 12.9. The zero-order valence-corrected chi connectivity index (χ0v) is 17.0. The van der Waals surface area contributed by atoms with Crippen molar-refractivity contribution in [3.05, 3.63) is 89.5 Å². The third-order valence-corrected chi connectivity index (χ3v) is 5.19. The standard InChI is InChI=1S/C25H25NO4/c1-28-21-11-8-19(9-12-21)25(27)26-22(13-7-18-5-3-2-4-6-18)20-10-14-23-24(17-20)30-16-15-29-23/h2-6,8-12,14,17,22H,7,13,15-16H2,1H3,(H,26,27)/t22-/m0/s1. The van der Waals surface area contributed by atoms with E-state index in [4.69, 9.17) is 14.2 Å². The molecule has 0 saturated carbocycles. The number of benzene rings is 3. The second-order valence-corrected chi connectivity index (χ2v) is 7.18. The van der Waals surface area contributed by atoms with Crippen LogP contribution in [0.4, 0.5) is 0 Å². The molecule has 1 aliphatic heterocycles. The summed E-state index contributed by atoms with van der Waals surface area (Å²) in [5.41, 5.74) is 2.83. The van der Waals surface area contributed by atoms with E-state index >= 15 is 0 Å². The molecule has 3 aromatic carbocycles. The number of amides is 1. The Balaban J connectivity index is 1.55. The molecule has 0 unspecified atom stereocenters. The molecule has 0 saturated heterocycles. The van der Waals surface area contributed by atoms with Gasteiger partial charge < -0.3 is 19.5 Å². The van der Waals surface area contributed by atoms with Crippen LogP contribution < -0.4 is 19.5 Å². The van der Waals surface area contributed by atoms with Gasteiger partial charge in [0.05, 0.1) is 13.2 Å². The van der Waals surface area contributed by atoms with Crippen molar-refractivity contribution in [2.75, 3.05) is 20.3 Å². The van der Waals surface area contributed by atoms with Crippen LogP contribution in [0.1, 0.15) is 33.9 Å². The third kappa shape index (κ3) is 4.74. The molecule has 1 amide bonds. The minimum absolute atomic E-state index is 0.120. The SMILES string of the molecule is COc1ccc(C(=O)N[C@@H](CCc2ccccc2)c2ccc3c(c2)OCCO3)cc1. The van der Waals surface area contributed by atoms with E-state index in [1.807, 2.05) is 36.4 Å². The minimum Gasteiger partial charge on any atom is -0.497 e. The monoisotopic (exact) mass is 403 g/mol. The Morgan fingerprint density at radius 1 is 0.967 bits per heavy atom. The molecule has 4 rings (SSSR count). The highest BCUT2D eigenvalue weighted by Gasteiger charge is 2.20. The first-order valence-corrected chi connectivity index (χ1v) is 10.1. The molecule has 0 fully saturated rings. The van der Waals surface area contributed by atoms with E-state index in [9.17, 15) is 4.79 Å². The number of ether oxygens (including phenoxy) is 3.